The molecule has 0 aliphatic carbocycles. The van der Waals surface area contributed by atoms with Crippen LogP contribution in [-0.4, -0.2) is 23.1 Å². The lowest BCUT2D eigenvalue weighted by molar-refractivity contribution is -0.384. The van der Waals surface area contributed by atoms with E-state index in [1.54, 1.807) is 0 Å². The van der Waals surface area contributed by atoms with E-state index in [9.17, 15) is 14.9 Å². The van der Waals surface area contributed by atoms with E-state index >= 15 is 0 Å². The predicted octanol–water partition coefficient (Wildman–Crippen LogP) is 1.91. The summed E-state index contributed by atoms with van der Waals surface area (Å²) in [6.07, 6.45) is 0. The van der Waals surface area contributed by atoms with Crippen LogP contribution in [0.25, 0.3) is 0 Å². The van der Waals surface area contributed by atoms with Gasteiger partial charge in [-0.3, -0.25) is 25.8 Å². The molecule has 2 aromatic carbocycles. The van der Waals surface area contributed by atoms with Crippen LogP contribution in [0.4, 0.5) is 5.69 Å². The second-order valence-corrected chi connectivity index (χ2v) is 5.30. The molecule has 2 rings (SSSR count). The van der Waals surface area contributed by atoms with Crippen LogP contribution in [0.3, 0.4) is 0 Å². The second-order valence-electron chi connectivity index (χ2n) is 4.89. The Hall–Kier alpha value is -3.20. The van der Waals surface area contributed by atoms with Crippen molar-refractivity contribution in [1.82, 2.24) is 16.2 Å². The number of ether oxygens (including phenoxy) is 1. The number of carbonyl (C=O) groups is 1. The fourth-order valence-corrected chi connectivity index (χ4v) is 2.11. The lowest BCUT2D eigenvalue weighted by Crippen LogP contribution is -2.46. The van der Waals surface area contributed by atoms with Crippen molar-refractivity contribution in [1.29, 1.82) is 0 Å². The Morgan fingerprint density at radius 1 is 1.20 bits per heavy atom. The van der Waals surface area contributed by atoms with Crippen LogP contribution < -0.4 is 20.9 Å². The first-order valence-corrected chi connectivity index (χ1v) is 7.62. The monoisotopic (exact) mass is 360 g/mol. The third-order valence-electron chi connectivity index (χ3n) is 3.22. The average Bonchev–Trinajstić information content (AvgIpc) is 2.64. The van der Waals surface area contributed by atoms with E-state index in [1.165, 1.54) is 19.2 Å². The van der Waals surface area contributed by atoms with Gasteiger partial charge in [-0.25, -0.2) is 0 Å². The molecule has 130 valence electrons. The zero-order valence-corrected chi connectivity index (χ0v) is 14.1. The van der Waals surface area contributed by atoms with Gasteiger partial charge in [-0.2, -0.15) is 0 Å². The minimum Gasteiger partial charge on any atom is -0.496 e. The number of nitrogens with zero attached hydrogens (tertiary/aromatic N) is 1. The van der Waals surface area contributed by atoms with E-state index in [1.807, 2.05) is 30.3 Å². The molecule has 0 unspecified atom stereocenters. The molecule has 2 aromatic rings. The number of thiocarbonyl (C=S) groups is 1. The highest BCUT2D eigenvalue weighted by atomic mass is 32.1. The number of hydrazine groups is 1. The summed E-state index contributed by atoms with van der Waals surface area (Å²) in [4.78, 5) is 22.5. The summed E-state index contributed by atoms with van der Waals surface area (Å²) in [6, 6.07) is 13.3. The van der Waals surface area contributed by atoms with Crippen molar-refractivity contribution >= 4 is 28.9 Å². The SMILES string of the molecule is COc1ccc([N+](=O)[O-])cc1C(=O)NNC(=S)NCc1ccccc1. The quantitative estimate of drug-likeness (QED) is 0.425. The third-order valence-corrected chi connectivity index (χ3v) is 3.47. The molecule has 0 aliphatic heterocycles. The van der Waals surface area contributed by atoms with E-state index in [-0.39, 0.29) is 22.1 Å². The van der Waals surface area contributed by atoms with Crippen molar-refractivity contribution in [2.75, 3.05) is 7.11 Å². The van der Waals surface area contributed by atoms with Gasteiger partial charge in [-0.15, -0.1) is 0 Å². The fraction of sp³-hybridized carbons (Fsp3) is 0.125. The number of nitro groups is 1. The highest BCUT2D eigenvalue weighted by Gasteiger charge is 2.17. The molecule has 0 atom stereocenters. The standard InChI is InChI=1S/C16H16N4O4S/c1-24-14-8-7-12(20(22)23)9-13(14)15(21)18-19-16(25)17-10-11-5-3-2-4-6-11/h2-9H,10H2,1H3,(H,18,21)(H2,17,19,25). The van der Waals surface area contributed by atoms with Crippen LogP contribution in [0.1, 0.15) is 15.9 Å². The summed E-state index contributed by atoms with van der Waals surface area (Å²) < 4.78 is 5.05. The number of nitro benzene ring substituents is 1. The van der Waals surface area contributed by atoms with Crippen molar-refractivity contribution in [3.05, 3.63) is 69.8 Å². The molecule has 9 heteroatoms. The minimum atomic E-state index is -0.607. The van der Waals surface area contributed by atoms with Crippen molar-refractivity contribution < 1.29 is 14.5 Å². The van der Waals surface area contributed by atoms with Crippen molar-refractivity contribution in [2.45, 2.75) is 6.54 Å². The summed E-state index contributed by atoms with van der Waals surface area (Å²) >= 11 is 5.07. The first-order chi connectivity index (χ1) is 12.0. The zero-order valence-electron chi connectivity index (χ0n) is 13.3. The molecule has 0 saturated heterocycles. The Bertz CT molecular complexity index is 783. The van der Waals surface area contributed by atoms with Gasteiger partial charge in [-0.05, 0) is 23.8 Å². The molecule has 0 heterocycles. The number of nitrogens with one attached hydrogen (secondary N) is 3. The average molecular weight is 360 g/mol. The molecule has 0 aliphatic rings. The van der Waals surface area contributed by atoms with E-state index < -0.39 is 10.8 Å². The summed E-state index contributed by atoms with van der Waals surface area (Å²) in [5.41, 5.74) is 5.76. The van der Waals surface area contributed by atoms with Gasteiger partial charge in [0.15, 0.2) is 5.11 Å². The van der Waals surface area contributed by atoms with E-state index in [2.05, 4.69) is 16.2 Å². The molecule has 1 amide bonds. The number of amides is 1. The topological polar surface area (TPSA) is 106 Å². The van der Waals surface area contributed by atoms with Crippen LogP contribution in [0, 0.1) is 10.1 Å². The van der Waals surface area contributed by atoms with Crippen LogP contribution in [0.5, 0.6) is 5.75 Å². The maximum atomic E-state index is 12.2. The molecule has 0 bridgehead atoms. The smallest absolute Gasteiger partial charge is 0.273 e. The van der Waals surface area contributed by atoms with Crippen LogP contribution in [0.2, 0.25) is 0 Å². The van der Waals surface area contributed by atoms with Gasteiger partial charge < -0.3 is 10.1 Å². The number of hydrogen-bond donors (Lipinski definition) is 3. The number of rotatable bonds is 5. The lowest BCUT2D eigenvalue weighted by atomic mass is 10.1. The predicted molar refractivity (Wildman–Crippen MR) is 96.1 cm³/mol. The maximum absolute atomic E-state index is 12.2. The number of non-ortho nitro benzene ring substituents is 1. The molecule has 0 aromatic heterocycles. The van der Waals surface area contributed by atoms with E-state index in [4.69, 9.17) is 17.0 Å². The van der Waals surface area contributed by atoms with Gasteiger partial charge in [0.1, 0.15) is 5.75 Å². The van der Waals surface area contributed by atoms with E-state index in [0.717, 1.165) is 11.6 Å². The van der Waals surface area contributed by atoms with Crippen molar-refractivity contribution in [3.63, 3.8) is 0 Å². The maximum Gasteiger partial charge on any atom is 0.273 e. The Labute approximate surface area is 149 Å². The lowest BCUT2D eigenvalue weighted by Gasteiger charge is -2.13. The number of benzene rings is 2. The summed E-state index contributed by atoms with van der Waals surface area (Å²) in [5, 5.41) is 14.0. The molecular formula is C16H16N4O4S. The first-order valence-electron chi connectivity index (χ1n) is 7.22. The van der Waals surface area contributed by atoms with Crippen LogP contribution in [-0.2, 0) is 6.54 Å². The summed E-state index contributed by atoms with van der Waals surface area (Å²) in [7, 11) is 1.37. The summed E-state index contributed by atoms with van der Waals surface area (Å²) in [5.74, 6) is -0.391. The third kappa shape index (κ3) is 5.15. The van der Waals surface area contributed by atoms with Crippen LogP contribution >= 0.6 is 12.2 Å². The Morgan fingerprint density at radius 2 is 1.92 bits per heavy atom. The first kappa shape index (κ1) is 18.1. The zero-order chi connectivity index (χ0) is 18.2. The van der Waals surface area contributed by atoms with Gasteiger partial charge in [0.25, 0.3) is 11.6 Å². The minimum absolute atomic E-state index is 0.0232. The number of carbonyl (C=O) groups excluding carboxylic acids is 1. The molecule has 8 nitrogen and oxygen atoms in total. The molecular weight excluding hydrogens is 344 g/mol. The summed E-state index contributed by atoms with van der Waals surface area (Å²) in [6.45, 7) is 0.489. The molecule has 0 spiro atoms. The number of hydrogen-bond acceptors (Lipinski definition) is 5. The molecule has 25 heavy (non-hydrogen) atoms. The molecule has 3 N–H and O–H groups in total. The Kier molecular flexibility index (Phi) is 6.24. The fourth-order valence-electron chi connectivity index (χ4n) is 1.99. The van der Waals surface area contributed by atoms with Gasteiger partial charge in [-0.1, -0.05) is 30.3 Å². The van der Waals surface area contributed by atoms with Crippen molar-refractivity contribution in [2.24, 2.45) is 0 Å². The molecule has 0 fully saturated rings. The number of methoxy groups -OCH3 is 1. The highest BCUT2D eigenvalue weighted by molar-refractivity contribution is 7.80. The van der Waals surface area contributed by atoms with Crippen LogP contribution in [0.15, 0.2) is 48.5 Å². The molecule has 0 saturated carbocycles. The molecule has 0 radical (unpaired) electrons. The largest absolute Gasteiger partial charge is 0.496 e. The van der Waals surface area contributed by atoms with Gasteiger partial charge in [0.05, 0.1) is 17.6 Å². The van der Waals surface area contributed by atoms with Gasteiger partial charge >= 0.3 is 0 Å². The Balaban J connectivity index is 1.94. The van der Waals surface area contributed by atoms with Gasteiger partial charge in [0, 0.05) is 18.7 Å². The normalized spacial score (nSPS) is 9.80. The second kappa shape index (κ2) is 8.60. The highest BCUT2D eigenvalue weighted by Crippen LogP contribution is 2.23. The van der Waals surface area contributed by atoms with Gasteiger partial charge in [0.2, 0.25) is 0 Å². The van der Waals surface area contributed by atoms with Crippen molar-refractivity contribution in [3.8, 4) is 5.75 Å². The van der Waals surface area contributed by atoms with E-state index in [0.29, 0.717) is 6.54 Å². The Morgan fingerprint density at radius 3 is 2.56 bits per heavy atom.